The molecule has 0 spiro atoms. The first-order valence-electron chi connectivity index (χ1n) is 6.60. The van der Waals surface area contributed by atoms with Crippen LogP contribution in [0, 0.1) is 0 Å². The predicted molar refractivity (Wildman–Crippen MR) is 69.9 cm³/mol. The summed E-state index contributed by atoms with van der Waals surface area (Å²) in [7, 11) is 0. The number of amides is 1. The number of carbonyl (C=O) groups excluding carboxylic acids is 1. The van der Waals surface area contributed by atoms with Crippen LogP contribution in [0.4, 0.5) is 10.6 Å². The highest BCUT2D eigenvalue weighted by Gasteiger charge is 2.42. The molecule has 1 aromatic rings. The third-order valence-electron chi connectivity index (χ3n) is 3.62. The minimum atomic E-state index is -0.381. The van der Waals surface area contributed by atoms with Crippen LogP contribution in [0.25, 0.3) is 0 Å². The van der Waals surface area contributed by atoms with Gasteiger partial charge in [0.25, 0.3) is 0 Å². The van der Waals surface area contributed by atoms with Gasteiger partial charge in [0.15, 0.2) is 5.82 Å². The van der Waals surface area contributed by atoms with Gasteiger partial charge in [-0.15, -0.1) is 0 Å². The van der Waals surface area contributed by atoms with Crippen molar-refractivity contribution < 1.29 is 9.53 Å². The lowest BCUT2D eigenvalue weighted by Crippen LogP contribution is -2.42. The Morgan fingerprint density at radius 3 is 2.95 bits per heavy atom. The summed E-state index contributed by atoms with van der Waals surface area (Å²) >= 11 is 0. The highest BCUT2D eigenvalue weighted by molar-refractivity contribution is 5.90. The third-order valence-corrected chi connectivity index (χ3v) is 3.62. The van der Waals surface area contributed by atoms with Crippen molar-refractivity contribution in [3.05, 3.63) is 18.1 Å². The summed E-state index contributed by atoms with van der Waals surface area (Å²) in [6, 6.07) is 0.245. The van der Waals surface area contributed by atoms with E-state index in [4.69, 9.17) is 4.74 Å². The first-order valence-corrected chi connectivity index (χ1v) is 6.60. The van der Waals surface area contributed by atoms with Crippen molar-refractivity contribution in [3.8, 4) is 0 Å². The Morgan fingerprint density at radius 1 is 1.47 bits per heavy atom. The zero-order valence-corrected chi connectivity index (χ0v) is 11.2. The largest absolute Gasteiger partial charge is 0.447 e. The number of hydrogen-bond donors (Lipinski definition) is 1. The van der Waals surface area contributed by atoms with Gasteiger partial charge in [-0.1, -0.05) is 0 Å². The second kappa shape index (κ2) is 4.45. The van der Waals surface area contributed by atoms with E-state index in [2.05, 4.69) is 15.3 Å². The Balaban J connectivity index is 1.92. The van der Waals surface area contributed by atoms with E-state index < -0.39 is 0 Å². The number of ether oxygens (including phenoxy) is 1. The fourth-order valence-electron chi connectivity index (χ4n) is 2.60. The molecule has 2 saturated heterocycles. The van der Waals surface area contributed by atoms with E-state index >= 15 is 0 Å². The van der Waals surface area contributed by atoms with Crippen LogP contribution < -0.4 is 10.2 Å². The summed E-state index contributed by atoms with van der Waals surface area (Å²) in [5, 5.41) is 3.39. The Kier molecular flexibility index (Phi) is 2.89. The zero-order chi connectivity index (χ0) is 13.5. The van der Waals surface area contributed by atoms with Gasteiger partial charge in [-0.3, -0.25) is 9.88 Å². The van der Waals surface area contributed by atoms with Crippen molar-refractivity contribution >= 4 is 11.9 Å². The fraction of sp³-hybridized carbons (Fsp3) is 0.615. The Morgan fingerprint density at radius 2 is 2.32 bits per heavy atom. The van der Waals surface area contributed by atoms with Crippen molar-refractivity contribution in [1.29, 1.82) is 0 Å². The van der Waals surface area contributed by atoms with Gasteiger partial charge in [0.1, 0.15) is 6.61 Å². The molecule has 1 atom stereocenters. The number of hydrogen-bond acceptors (Lipinski definition) is 5. The van der Waals surface area contributed by atoms with E-state index in [-0.39, 0.29) is 17.7 Å². The normalized spacial score (nSPS) is 25.7. The van der Waals surface area contributed by atoms with Gasteiger partial charge < -0.3 is 10.1 Å². The molecule has 0 radical (unpaired) electrons. The molecule has 3 rings (SSSR count). The van der Waals surface area contributed by atoms with E-state index in [1.54, 1.807) is 17.3 Å². The van der Waals surface area contributed by atoms with Crippen LogP contribution in [0.15, 0.2) is 12.4 Å². The quantitative estimate of drug-likeness (QED) is 0.877. The number of anilines is 1. The number of cyclic esters (lactones) is 1. The average molecular weight is 262 g/mol. The van der Waals surface area contributed by atoms with Gasteiger partial charge in [-0.25, -0.2) is 9.78 Å². The molecule has 3 heterocycles. The van der Waals surface area contributed by atoms with Crippen LogP contribution in [0.3, 0.4) is 0 Å². The molecule has 0 saturated carbocycles. The standard InChI is InChI=1S/C13H18N4O2/c1-13(2)8-19-12(18)17(13)11-7-14-6-10(16-11)9-4-3-5-15-9/h6-7,9,15H,3-5,8H2,1-2H3/t9-/m1/s1. The molecule has 0 aromatic carbocycles. The van der Waals surface area contributed by atoms with Gasteiger partial charge in [-0.05, 0) is 33.2 Å². The first-order chi connectivity index (χ1) is 9.08. The van der Waals surface area contributed by atoms with Crippen molar-refractivity contribution in [1.82, 2.24) is 15.3 Å². The Bertz CT molecular complexity index is 497. The molecular weight excluding hydrogens is 244 g/mol. The highest BCUT2D eigenvalue weighted by atomic mass is 16.6. The molecule has 6 nitrogen and oxygen atoms in total. The number of aromatic nitrogens is 2. The summed E-state index contributed by atoms with van der Waals surface area (Å²) in [5.74, 6) is 0.568. The van der Waals surface area contributed by atoms with Crippen molar-refractivity contribution in [2.24, 2.45) is 0 Å². The molecule has 2 aliphatic heterocycles. The van der Waals surface area contributed by atoms with E-state index in [9.17, 15) is 4.79 Å². The summed E-state index contributed by atoms with van der Waals surface area (Å²) in [5.41, 5.74) is 0.513. The van der Waals surface area contributed by atoms with Gasteiger partial charge >= 0.3 is 6.09 Å². The second-order valence-corrected chi connectivity index (χ2v) is 5.65. The molecule has 0 bridgehead atoms. The molecule has 1 N–H and O–H groups in total. The van der Waals surface area contributed by atoms with Crippen LogP contribution in [0.1, 0.15) is 38.4 Å². The first kappa shape index (κ1) is 12.3. The van der Waals surface area contributed by atoms with Crippen LogP contribution in [-0.2, 0) is 4.74 Å². The topological polar surface area (TPSA) is 67.3 Å². The number of carbonyl (C=O) groups is 1. The molecule has 19 heavy (non-hydrogen) atoms. The summed E-state index contributed by atoms with van der Waals surface area (Å²) < 4.78 is 5.10. The van der Waals surface area contributed by atoms with Crippen molar-refractivity contribution in [2.75, 3.05) is 18.1 Å². The van der Waals surface area contributed by atoms with Crippen LogP contribution in [0.5, 0.6) is 0 Å². The predicted octanol–water partition coefficient (Wildman–Crippen LogP) is 1.64. The maximum atomic E-state index is 11.8. The minimum absolute atomic E-state index is 0.245. The monoisotopic (exact) mass is 262 g/mol. The molecule has 0 unspecified atom stereocenters. The number of nitrogens with one attached hydrogen (secondary N) is 1. The molecule has 6 heteroatoms. The molecule has 2 fully saturated rings. The van der Waals surface area contributed by atoms with E-state index in [0.29, 0.717) is 12.4 Å². The number of nitrogens with zero attached hydrogens (tertiary/aromatic N) is 3. The molecule has 102 valence electrons. The summed E-state index contributed by atoms with van der Waals surface area (Å²) in [4.78, 5) is 22.2. The van der Waals surface area contributed by atoms with Gasteiger partial charge in [0, 0.05) is 0 Å². The molecule has 0 aliphatic carbocycles. The van der Waals surface area contributed by atoms with Gasteiger partial charge in [-0.2, -0.15) is 0 Å². The summed E-state index contributed by atoms with van der Waals surface area (Å²) in [6.07, 6.45) is 5.24. The fourth-order valence-corrected chi connectivity index (χ4v) is 2.60. The lowest BCUT2D eigenvalue weighted by atomic mass is 10.1. The van der Waals surface area contributed by atoms with E-state index in [0.717, 1.165) is 25.1 Å². The maximum Gasteiger partial charge on any atom is 0.416 e. The number of rotatable bonds is 2. The molecule has 2 aliphatic rings. The lowest BCUT2D eigenvalue weighted by Gasteiger charge is -2.26. The average Bonchev–Trinajstić information content (AvgIpc) is 2.98. The van der Waals surface area contributed by atoms with E-state index in [1.807, 2.05) is 13.8 Å². The SMILES string of the molecule is CC1(C)COC(=O)N1c1cncc([C@H]2CCCN2)n1. The minimum Gasteiger partial charge on any atom is -0.447 e. The van der Waals surface area contributed by atoms with E-state index in [1.165, 1.54) is 0 Å². The second-order valence-electron chi connectivity index (χ2n) is 5.65. The maximum absolute atomic E-state index is 11.8. The molecular formula is C13H18N4O2. The van der Waals surface area contributed by atoms with Crippen LogP contribution >= 0.6 is 0 Å². The lowest BCUT2D eigenvalue weighted by molar-refractivity contribution is 0.175. The van der Waals surface area contributed by atoms with Crippen molar-refractivity contribution in [3.63, 3.8) is 0 Å². The summed E-state index contributed by atoms with van der Waals surface area (Å²) in [6.45, 7) is 5.30. The smallest absolute Gasteiger partial charge is 0.416 e. The highest BCUT2D eigenvalue weighted by Crippen LogP contribution is 2.30. The molecule has 1 aromatic heterocycles. The van der Waals surface area contributed by atoms with Crippen molar-refractivity contribution in [2.45, 2.75) is 38.3 Å². The van der Waals surface area contributed by atoms with Gasteiger partial charge in [0.05, 0.1) is 29.7 Å². The Hall–Kier alpha value is -1.69. The zero-order valence-electron chi connectivity index (χ0n) is 11.2. The van der Waals surface area contributed by atoms with Crippen LogP contribution in [0.2, 0.25) is 0 Å². The van der Waals surface area contributed by atoms with Crippen LogP contribution in [-0.4, -0.2) is 34.8 Å². The van der Waals surface area contributed by atoms with Gasteiger partial charge in [0.2, 0.25) is 0 Å². The third kappa shape index (κ3) is 2.16. The Labute approximate surface area is 112 Å². The molecule has 1 amide bonds.